The van der Waals surface area contributed by atoms with E-state index in [0.717, 1.165) is 25.1 Å². The molecule has 0 radical (unpaired) electrons. The molecule has 0 bridgehead atoms. The molecular formula is C16H24N2O2. The van der Waals surface area contributed by atoms with Crippen LogP contribution >= 0.6 is 0 Å². The zero-order valence-corrected chi connectivity index (χ0v) is 12.5. The molecule has 1 fully saturated rings. The van der Waals surface area contributed by atoms with Crippen LogP contribution in [0, 0.1) is 0 Å². The fourth-order valence-corrected chi connectivity index (χ4v) is 1.81. The molecule has 0 spiro atoms. The van der Waals surface area contributed by atoms with Gasteiger partial charge in [-0.3, -0.25) is 4.79 Å². The Bertz CT molecular complexity index is 438. The fourth-order valence-electron chi connectivity index (χ4n) is 1.81. The van der Waals surface area contributed by atoms with Crippen LogP contribution in [-0.4, -0.2) is 24.1 Å². The molecule has 0 saturated heterocycles. The summed E-state index contributed by atoms with van der Waals surface area (Å²) >= 11 is 0. The molecule has 110 valence electrons. The van der Waals surface area contributed by atoms with Gasteiger partial charge in [0.05, 0.1) is 0 Å². The van der Waals surface area contributed by atoms with Crippen LogP contribution < -0.4 is 15.4 Å². The van der Waals surface area contributed by atoms with Crippen molar-refractivity contribution in [1.82, 2.24) is 10.6 Å². The van der Waals surface area contributed by atoms with Crippen molar-refractivity contribution in [3.05, 3.63) is 29.8 Å². The van der Waals surface area contributed by atoms with Crippen molar-refractivity contribution < 1.29 is 9.53 Å². The summed E-state index contributed by atoms with van der Waals surface area (Å²) in [5, 5.41) is 6.31. The lowest BCUT2D eigenvalue weighted by Crippen LogP contribution is -2.37. The van der Waals surface area contributed by atoms with Crippen LogP contribution in [0.4, 0.5) is 0 Å². The Morgan fingerprint density at radius 1 is 1.25 bits per heavy atom. The quantitative estimate of drug-likeness (QED) is 0.803. The van der Waals surface area contributed by atoms with Gasteiger partial charge in [0, 0.05) is 18.6 Å². The first-order valence-electron chi connectivity index (χ1n) is 7.34. The number of hydrogen-bond donors (Lipinski definition) is 2. The second-order valence-corrected chi connectivity index (χ2v) is 5.72. The number of benzene rings is 1. The molecule has 4 heteroatoms. The summed E-state index contributed by atoms with van der Waals surface area (Å²) in [5.74, 6) is 0.704. The molecule has 1 aromatic rings. The average Bonchev–Trinajstić information content (AvgIpc) is 3.21. The van der Waals surface area contributed by atoms with Gasteiger partial charge in [-0.25, -0.2) is 0 Å². The lowest BCUT2D eigenvalue weighted by atomic mass is 10.2. The SMILES string of the molecule is CC(C)NCc1ccc(OC(C)C(=O)NC2CC2)cc1. The number of carbonyl (C=O) groups is 1. The van der Waals surface area contributed by atoms with E-state index in [1.165, 1.54) is 5.56 Å². The van der Waals surface area contributed by atoms with Gasteiger partial charge in [-0.2, -0.15) is 0 Å². The van der Waals surface area contributed by atoms with Crippen LogP contribution in [0.5, 0.6) is 5.75 Å². The first kappa shape index (κ1) is 14.9. The molecule has 1 saturated carbocycles. The summed E-state index contributed by atoms with van der Waals surface area (Å²) < 4.78 is 5.65. The molecule has 20 heavy (non-hydrogen) atoms. The van der Waals surface area contributed by atoms with Gasteiger partial charge in [-0.15, -0.1) is 0 Å². The van der Waals surface area contributed by atoms with Crippen molar-refractivity contribution in [2.24, 2.45) is 0 Å². The predicted molar refractivity (Wildman–Crippen MR) is 79.7 cm³/mol. The molecule has 2 rings (SSSR count). The number of hydrogen-bond acceptors (Lipinski definition) is 3. The van der Waals surface area contributed by atoms with Gasteiger partial charge in [0.1, 0.15) is 5.75 Å². The van der Waals surface area contributed by atoms with Crippen LogP contribution in [0.2, 0.25) is 0 Å². The second kappa shape index (κ2) is 6.75. The second-order valence-electron chi connectivity index (χ2n) is 5.72. The van der Waals surface area contributed by atoms with E-state index >= 15 is 0 Å². The van der Waals surface area contributed by atoms with Crippen LogP contribution in [0.25, 0.3) is 0 Å². The Labute approximate surface area is 120 Å². The predicted octanol–water partition coefficient (Wildman–Crippen LogP) is 2.23. The zero-order chi connectivity index (χ0) is 14.5. The molecule has 2 N–H and O–H groups in total. The van der Waals surface area contributed by atoms with E-state index in [4.69, 9.17) is 4.74 Å². The van der Waals surface area contributed by atoms with Crippen molar-refractivity contribution in [2.75, 3.05) is 0 Å². The van der Waals surface area contributed by atoms with E-state index in [-0.39, 0.29) is 5.91 Å². The van der Waals surface area contributed by atoms with Gasteiger partial charge < -0.3 is 15.4 Å². The summed E-state index contributed by atoms with van der Waals surface area (Å²) in [7, 11) is 0. The van der Waals surface area contributed by atoms with E-state index < -0.39 is 6.10 Å². The van der Waals surface area contributed by atoms with Gasteiger partial charge in [0.2, 0.25) is 0 Å². The topological polar surface area (TPSA) is 50.4 Å². The van der Waals surface area contributed by atoms with Crippen molar-refractivity contribution in [1.29, 1.82) is 0 Å². The number of nitrogens with one attached hydrogen (secondary N) is 2. The van der Waals surface area contributed by atoms with Crippen LogP contribution in [-0.2, 0) is 11.3 Å². The molecule has 1 atom stereocenters. The summed E-state index contributed by atoms with van der Waals surface area (Å²) in [6.45, 7) is 6.87. The molecule has 1 amide bonds. The van der Waals surface area contributed by atoms with Gasteiger partial charge >= 0.3 is 0 Å². The third kappa shape index (κ3) is 4.85. The Hall–Kier alpha value is -1.55. The summed E-state index contributed by atoms with van der Waals surface area (Å²) in [5.41, 5.74) is 1.21. The highest BCUT2D eigenvalue weighted by Gasteiger charge is 2.26. The highest BCUT2D eigenvalue weighted by Crippen LogP contribution is 2.19. The summed E-state index contributed by atoms with van der Waals surface area (Å²) in [4.78, 5) is 11.8. The van der Waals surface area contributed by atoms with E-state index in [0.29, 0.717) is 12.1 Å². The minimum absolute atomic E-state index is 0.0296. The summed E-state index contributed by atoms with van der Waals surface area (Å²) in [6.07, 6.45) is 1.74. The lowest BCUT2D eigenvalue weighted by Gasteiger charge is -2.15. The third-order valence-corrected chi connectivity index (χ3v) is 3.24. The highest BCUT2D eigenvalue weighted by molar-refractivity contribution is 5.81. The maximum atomic E-state index is 11.8. The van der Waals surface area contributed by atoms with Crippen molar-refractivity contribution in [3.8, 4) is 5.75 Å². The maximum Gasteiger partial charge on any atom is 0.260 e. The first-order valence-corrected chi connectivity index (χ1v) is 7.34. The van der Waals surface area contributed by atoms with Crippen LogP contribution in [0.1, 0.15) is 39.2 Å². The normalized spacial score (nSPS) is 16.0. The van der Waals surface area contributed by atoms with Crippen molar-refractivity contribution in [2.45, 2.75) is 58.3 Å². The minimum Gasteiger partial charge on any atom is -0.481 e. The number of amides is 1. The molecular weight excluding hydrogens is 252 g/mol. The third-order valence-electron chi connectivity index (χ3n) is 3.24. The van der Waals surface area contributed by atoms with Crippen molar-refractivity contribution >= 4 is 5.91 Å². The Morgan fingerprint density at radius 2 is 1.90 bits per heavy atom. The van der Waals surface area contributed by atoms with Gasteiger partial charge in [0.15, 0.2) is 6.10 Å². The standard InChI is InChI=1S/C16H24N2O2/c1-11(2)17-10-13-4-8-15(9-5-13)20-12(3)16(19)18-14-6-7-14/h4-5,8-9,11-12,14,17H,6-7,10H2,1-3H3,(H,18,19). The molecule has 1 unspecified atom stereocenters. The minimum atomic E-state index is -0.449. The number of carbonyl (C=O) groups excluding carboxylic acids is 1. The highest BCUT2D eigenvalue weighted by atomic mass is 16.5. The molecule has 1 aromatic carbocycles. The van der Waals surface area contributed by atoms with E-state index in [9.17, 15) is 4.79 Å². The molecule has 4 nitrogen and oxygen atoms in total. The van der Waals surface area contributed by atoms with Gasteiger partial charge in [-0.05, 0) is 37.5 Å². The molecule has 1 aliphatic carbocycles. The molecule has 0 heterocycles. The molecule has 0 aromatic heterocycles. The molecule has 1 aliphatic rings. The fraction of sp³-hybridized carbons (Fsp3) is 0.562. The van der Waals surface area contributed by atoms with Gasteiger partial charge in [0.25, 0.3) is 5.91 Å². The molecule has 0 aliphatic heterocycles. The average molecular weight is 276 g/mol. The van der Waals surface area contributed by atoms with Crippen LogP contribution in [0.3, 0.4) is 0 Å². The van der Waals surface area contributed by atoms with Gasteiger partial charge in [-0.1, -0.05) is 26.0 Å². The Morgan fingerprint density at radius 3 is 2.45 bits per heavy atom. The van der Waals surface area contributed by atoms with Crippen LogP contribution in [0.15, 0.2) is 24.3 Å². The number of ether oxygens (including phenoxy) is 1. The smallest absolute Gasteiger partial charge is 0.260 e. The van der Waals surface area contributed by atoms with E-state index in [1.54, 1.807) is 6.92 Å². The monoisotopic (exact) mass is 276 g/mol. The van der Waals surface area contributed by atoms with E-state index in [2.05, 4.69) is 24.5 Å². The van der Waals surface area contributed by atoms with E-state index in [1.807, 2.05) is 24.3 Å². The number of rotatable bonds is 7. The first-order chi connectivity index (χ1) is 9.54. The Kier molecular flexibility index (Phi) is 5.01. The van der Waals surface area contributed by atoms with Crippen molar-refractivity contribution in [3.63, 3.8) is 0 Å². The summed E-state index contributed by atoms with van der Waals surface area (Å²) in [6, 6.07) is 8.72. The maximum absolute atomic E-state index is 11.8. The zero-order valence-electron chi connectivity index (χ0n) is 12.5. The lowest BCUT2D eigenvalue weighted by molar-refractivity contribution is -0.127. The largest absolute Gasteiger partial charge is 0.481 e. The Balaban J connectivity index is 1.81.